The lowest BCUT2D eigenvalue weighted by Crippen LogP contribution is -2.29. The van der Waals surface area contributed by atoms with Crippen LogP contribution in [0.5, 0.6) is 0 Å². The molecule has 2 aliphatic heterocycles. The van der Waals surface area contributed by atoms with Gasteiger partial charge in [0.25, 0.3) is 0 Å². The van der Waals surface area contributed by atoms with Crippen molar-refractivity contribution in [1.29, 1.82) is 0 Å². The maximum absolute atomic E-state index is 2.51. The molecule has 106 valence electrons. The van der Waals surface area contributed by atoms with E-state index in [0.717, 1.165) is 11.3 Å². The van der Waals surface area contributed by atoms with Crippen molar-refractivity contribution < 1.29 is 0 Å². The van der Waals surface area contributed by atoms with Crippen LogP contribution in [0.25, 0.3) is 0 Å². The Morgan fingerprint density at radius 2 is 1.00 bits per heavy atom. The largest absolute Gasteiger partial charge is 0.0974 e. The van der Waals surface area contributed by atoms with E-state index in [9.17, 15) is 0 Å². The standard InChI is InChI=1S/C16H32P2/c1-15(2,3)17-11-7-9-13(17)14-10-8-12-18(14)16(4,5)6/h13-14H,7-12H2,1-6H3/t13-,14+,17-,18-/m0/s1. The van der Waals surface area contributed by atoms with Gasteiger partial charge in [-0.05, 0) is 59.6 Å². The Kier molecular flexibility index (Phi) is 4.52. The van der Waals surface area contributed by atoms with Crippen molar-refractivity contribution in [3.8, 4) is 0 Å². The van der Waals surface area contributed by atoms with Gasteiger partial charge in [-0.15, -0.1) is 0 Å². The third-order valence-corrected chi connectivity index (χ3v) is 12.9. The molecule has 4 atom stereocenters. The zero-order chi connectivity index (χ0) is 13.6. The fraction of sp³-hybridized carbons (Fsp3) is 1.00. The summed E-state index contributed by atoms with van der Waals surface area (Å²) in [6, 6.07) is 0. The van der Waals surface area contributed by atoms with E-state index in [2.05, 4.69) is 41.5 Å². The van der Waals surface area contributed by atoms with Crippen LogP contribution in [0.4, 0.5) is 0 Å². The van der Waals surface area contributed by atoms with E-state index in [-0.39, 0.29) is 15.8 Å². The highest BCUT2D eigenvalue weighted by atomic mass is 31.1. The molecule has 0 nitrogen and oxygen atoms in total. The average molecular weight is 286 g/mol. The summed E-state index contributed by atoms with van der Waals surface area (Å²) in [5.74, 6) is 0. The number of hydrogen-bond donors (Lipinski definition) is 0. The molecule has 0 saturated carbocycles. The van der Waals surface area contributed by atoms with Crippen LogP contribution >= 0.6 is 15.8 Å². The van der Waals surface area contributed by atoms with Crippen molar-refractivity contribution in [3.63, 3.8) is 0 Å². The van der Waals surface area contributed by atoms with Crippen LogP contribution in [0.15, 0.2) is 0 Å². The SMILES string of the molecule is CC(C)(C)[P@@]1CCC[C@@H]1[C@@H]1CCC[P@]1C(C)(C)C. The van der Waals surface area contributed by atoms with Crippen molar-refractivity contribution in [1.82, 2.24) is 0 Å². The second-order valence-corrected chi connectivity index (χ2v) is 14.9. The molecule has 2 aliphatic rings. The lowest BCUT2D eigenvalue weighted by Gasteiger charge is -2.42. The molecule has 0 bridgehead atoms. The normalized spacial score (nSPS) is 38.3. The molecule has 0 radical (unpaired) electrons. The van der Waals surface area contributed by atoms with Crippen LogP contribution in [0, 0.1) is 0 Å². The van der Waals surface area contributed by atoms with Crippen molar-refractivity contribution in [2.45, 2.75) is 88.9 Å². The van der Waals surface area contributed by atoms with Crippen LogP contribution < -0.4 is 0 Å². The molecule has 0 spiro atoms. The van der Waals surface area contributed by atoms with Crippen molar-refractivity contribution in [2.24, 2.45) is 0 Å². The van der Waals surface area contributed by atoms with E-state index >= 15 is 0 Å². The molecule has 0 aromatic rings. The van der Waals surface area contributed by atoms with Gasteiger partial charge in [-0.25, -0.2) is 0 Å². The molecular weight excluding hydrogens is 254 g/mol. The Morgan fingerprint density at radius 3 is 1.28 bits per heavy atom. The van der Waals surface area contributed by atoms with E-state index in [1.165, 1.54) is 12.8 Å². The summed E-state index contributed by atoms with van der Waals surface area (Å²) in [6.45, 7) is 15.0. The first kappa shape index (κ1) is 15.3. The fourth-order valence-corrected chi connectivity index (χ4v) is 12.2. The Bertz CT molecular complexity index is 254. The first-order valence-electron chi connectivity index (χ1n) is 7.75. The van der Waals surface area contributed by atoms with Crippen LogP contribution in [0.3, 0.4) is 0 Å². The molecule has 2 saturated heterocycles. The highest BCUT2D eigenvalue weighted by Gasteiger charge is 2.46. The van der Waals surface area contributed by atoms with Gasteiger partial charge in [0, 0.05) is 0 Å². The zero-order valence-corrected chi connectivity index (χ0v) is 15.1. The summed E-state index contributed by atoms with van der Waals surface area (Å²) < 4.78 is 0. The Hall–Kier alpha value is 0.860. The summed E-state index contributed by atoms with van der Waals surface area (Å²) in [5.41, 5.74) is 2.24. The van der Waals surface area contributed by atoms with Gasteiger partial charge in [-0.2, -0.15) is 0 Å². The molecule has 0 aromatic carbocycles. The van der Waals surface area contributed by atoms with Crippen LogP contribution in [0.1, 0.15) is 67.2 Å². The zero-order valence-electron chi connectivity index (χ0n) is 13.3. The van der Waals surface area contributed by atoms with Gasteiger partial charge in [0.2, 0.25) is 0 Å². The second kappa shape index (κ2) is 5.33. The minimum atomic E-state index is 0.282. The minimum absolute atomic E-state index is 0.282. The molecule has 2 heterocycles. The van der Waals surface area contributed by atoms with Crippen LogP contribution in [-0.2, 0) is 0 Å². The van der Waals surface area contributed by atoms with Gasteiger partial charge in [-0.3, -0.25) is 0 Å². The van der Waals surface area contributed by atoms with Crippen LogP contribution in [-0.4, -0.2) is 34.0 Å². The van der Waals surface area contributed by atoms with Crippen molar-refractivity contribution in [3.05, 3.63) is 0 Å². The topological polar surface area (TPSA) is 0 Å². The third-order valence-electron chi connectivity index (χ3n) is 4.77. The summed E-state index contributed by atoms with van der Waals surface area (Å²) in [4.78, 5) is 0. The Morgan fingerprint density at radius 1 is 0.667 bits per heavy atom. The van der Waals surface area contributed by atoms with Gasteiger partial charge in [-0.1, -0.05) is 57.4 Å². The first-order valence-corrected chi connectivity index (χ1v) is 10.9. The molecule has 0 amide bonds. The molecule has 0 aromatic heterocycles. The molecule has 0 aliphatic carbocycles. The predicted molar refractivity (Wildman–Crippen MR) is 89.1 cm³/mol. The number of hydrogen-bond acceptors (Lipinski definition) is 0. The summed E-state index contributed by atoms with van der Waals surface area (Å²) in [7, 11) is 0.564. The molecular formula is C16H32P2. The van der Waals surface area contributed by atoms with Crippen molar-refractivity contribution in [2.75, 3.05) is 12.3 Å². The van der Waals surface area contributed by atoms with E-state index in [4.69, 9.17) is 0 Å². The molecule has 2 heteroatoms. The van der Waals surface area contributed by atoms with Gasteiger partial charge in [0.1, 0.15) is 0 Å². The van der Waals surface area contributed by atoms with Crippen LogP contribution in [0.2, 0.25) is 0 Å². The third kappa shape index (κ3) is 3.12. The smallest absolute Gasteiger partial charge is 0.0136 e. The van der Waals surface area contributed by atoms with Crippen molar-refractivity contribution >= 4 is 15.8 Å². The summed E-state index contributed by atoms with van der Waals surface area (Å²) >= 11 is 0. The average Bonchev–Trinajstić information content (AvgIpc) is 2.83. The van der Waals surface area contributed by atoms with E-state index in [1.54, 1.807) is 25.2 Å². The lowest BCUT2D eigenvalue weighted by molar-refractivity contribution is 0.671. The highest BCUT2D eigenvalue weighted by molar-refractivity contribution is 7.64. The van der Waals surface area contributed by atoms with Gasteiger partial charge < -0.3 is 0 Å². The maximum Gasteiger partial charge on any atom is -0.0136 e. The summed E-state index contributed by atoms with van der Waals surface area (Å²) in [6.07, 6.45) is 9.29. The molecule has 18 heavy (non-hydrogen) atoms. The van der Waals surface area contributed by atoms with E-state index < -0.39 is 0 Å². The highest BCUT2D eigenvalue weighted by Crippen LogP contribution is 2.69. The minimum Gasteiger partial charge on any atom is -0.0974 e. The Labute approximate surface area is 117 Å². The molecule has 2 rings (SSSR count). The first-order chi connectivity index (χ1) is 8.21. The Balaban J connectivity index is 2.15. The second-order valence-electron chi connectivity index (χ2n) is 8.15. The fourth-order valence-electron chi connectivity index (χ4n) is 4.05. The lowest BCUT2D eigenvalue weighted by atomic mass is 10.1. The van der Waals surface area contributed by atoms with E-state index in [0.29, 0.717) is 10.3 Å². The van der Waals surface area contributed by atoms with E-state index in [1.807, 2.05) is 0 Å². The van der Waals surface area contributed by atoms with Gasteiger partial charge in [0.05, 0.1) is 0 Å². The summed E-state index contributed by atoms with van der Waals surface area (Å²) in [5, 5.41) is 1.19. The molecule has 0 unspecified atom stereocenters. The van der Waals surface area contributed by atoms with Gasteiger partial charge in [0.15, 0.2) is 0 Å². The molecule has 0 N–H and O–H groups in total. The van der Waals surface area contributed by atoms with Gasteiger partial charge >= 0.3 is 0 Å². The number of rotatable bonds is 1. The molecule has 2 fully saturated rings. The quantitative estimate of drug-likeness (QED) is 0.529. The predicted octanol–water partition coefficient (Wildman–Crippen LogP) is 5.87. The maximum atomic E-state index is 2.51. The monoisotopic (exact) mass is 286 g/mol.